The zero-order valence-electron chi connectivity index (χ0n) is 19.9. The van der Waals surface area contributed by atoms with Crippen molar-refractivity contribution < 1.29 is 22.7 Å². The van der Waals surface area contributed by atoms with Crippen molar-refractivity contribution in [1.29, 1.82) is 0 Å². The van der Waals surface area contributed by atoms with E-state index in [4.69, 9.17) is 15.9 Å². The Morgan fingerprint density at radius 3 is 2.34 bits per heavy atom. The zero-order chi connectivity index (χ0) is 25.2. The minimum Gasteiger partial charge on any atom is -0.495 e. The molecule has 3 aromatic rings. The summed E-state index contributed by atoms with van der Waals surface area (Å²) in [5.41, 5.74) is 1.72. The number of sulfonamides is 1. The molecule has 4 rings (SSSR count). The van der Waals surface area contributed by atoms with Crippen molar-refractivity contribution >= 4 is 37.5 Å². The summed E-state index contributed by atoms with van der Waals surface area (Å²) in [6.07, 6.45) is 6.41. The summed E-state index contributed by atoms with van der Waals surface area (Å²) in [7, 11) is -0.449. The Morgan fingerprint density at radius 2 is 1.74 bits per heavy atom. The minimum atomic E-state index is -3.59. The number of amides is 1. The number of ether oxygens (including phenoxy) is 2. The van der Waals surface area contributed by atoms with Crippen LogP contribution < -0.4 is 14.3 Å². The molecule has 0 saturated carbocycles. The third-order valence-electron chi connectivity index (χ3n) is 6.11. The summed E-state index contributed by atoms with van der Waals surface area (Å²) in [6.45, 7) is 2.65. The highest BCUT2D eigenvalue weighted by atomic mass is 32.2. The number of piperidine rings is 1. The molecular weight excluding hydrogens is 486 g/mol. The van der Waals surface area contributed by atoms with Crippen LogP contribution in [0.25, 0.3) is 10.2 Å². The lowest BCUT2D eigenvalue weighted by Crippen LogP contribution is -2.40. The molecule has 10 heteroatoms. The van der Waals surface area contributed by atoms with Crippen LogP contribution in [0, 0.1) is 25.2 Å². The molecule has 1 fully saturated rings. The number of methoxy groups -OCH3 is 2. The second-order valence-electron chi connectivity index (χ2n) is 8.26. The Balaban J connectivity index is 1.60. The van der Waals surface area contributed by atoms with E-state index in [2.05, 4.69) is 10.9 Å². The van der Waals surface area contributed by atoms with Gasteiger partial charge in [-0.1, -0.05) is 35.0 Å². The molecule has 0 spiro atoms. The normalized spacial score (nSPS) is 15.8. The standard InChI is InChI=1S/C25H27N3O5S2/c1-5-14-28-22-20(32-3)10-11-21(33-4)23(22)34-25(28)26-24(29)18-12-15-27(16-13-18)35(30,31)19-8-6-17(2)7-9-19/h1,6-11,18H,12-16H2,2-4H3. The lowest BCUT2D eigenvalue weighted by atomic mass is 9.98. The minimum absolute atomic E-state index is 0.211. The number of thiazole rings is 1. The second-order valence-corrected chi connectivity index (χ2v) is 11.2. The Hall–Kier alpha value is -3.13. The number of fused-ring (bicyclic) bond motifs is 1. The van der Waals surface area contributed by atoms with Crippen molar-refractivity contribution in [2.24, 2.45) is 10.9 Å². The van der Waals surface area contributed by atoms with Gasteiger partial charge in [-0.25, -0.2) is 8.42 Å². The highest BCUT2D eigenvalue weighted by molar-refractivity contribution is 7.89. The Morgan fingerprint density at radius 1 is 1.11 bits per heavy atom. The van der Waals surface area contributed by atoms with Crippen LogP contribution in [0.4, 0.5) is 0 Å². The summed E-state index contributed by atoms with van der Waals surface area (Å²) in [5.74, 6) is 3.21. The van der Waals surface area contributed by atoms with Crippen LogP contribution in [0.3, 0.4) is 0 Å². The largest absolute Gasteiger partial charge is 0.495 e. The van der Waals surface area contributed by atoms with E-state index in [1.165, 1.54) is 15.6 Å². The molecule has 1 saturated heterocycles. The topological polar surface area (TPSA) is 90.2 Å². The van der Waals surface area contributed by atoms with Crippen LogP contribution in [0.15, 0.2) is 46.3 Å². The molecule has 0 aliphatic carbocycles. The summed E-state index contributed by atoms with van der Waals surface area (Å²) >= 11 is 1.31. The van der Waals surface area contributed by atoms with Gasteiger partial charge in [0.2, 0.25) is 10.0 Å². The first kappa shape index (κ1) is 25.0. The maximum Gasteiger partial charge on any atom is 0.251 e. The SMILES string of the molecule is C#CCn1c(=NC(=O)C2CCN(S(=O)(=O)c3ccc(C)cc3)CC2)sc2c(OC)ccc(OC)c21. The van der Waals surface area contributed by atoms with Gasteiger partial charge in [-0.15, -0.1) is 6.42 Å². The van der Waals surface area contributed by atoms with Gasteiger partial charge in [0.15, 0.2) is 4.80 Å². The first-order chi connectivity index (χ1) is 16.8. The molecule has 0 bridgehead atoms. The van der Waals surface area contributed by atoms with Crippen molar-refractivity contribution in [3.63, 3.8) is 0 Å². The molecule has 0 atom stereocenters. The number of carbonyl (C=O) groups excluding carboxylic acids is 1. The maximum absolute atomic E-state index is 13.1. The number of carbonyl (C=O) groups is 1. The predicted octanol–water partition coefficient (Wildman–Crippen LogP) is 3.19. The number of aryl methyl sites for hydroxylation is 1. The first-order valence-corrected chi connectivity index (χ1v) is 13.4. The Bertz CT molecular complexity index is 1460. The van der Waals surface area contributed by atoms with Gasteiger partial charge in [0, 0.05) is 19.0 Å². The van der Waals surface area contributed by atoms with E-state index >= 15 is 0 Å². The van der Waals surface area contributed by atoms with Gasteiger partial charge >= 0.3 is 0 Å². The fourth-order valence-electron chi connectivity index (χ4n) is 4.17. The zero-order valence-corrected chi connectivity index (χ0v) is 21.5. The molecule has 0 radical (unpaired) electrons. The van der Waals surface area contributed by atoms with Gasteiger partial charge in [0.1, 0.15) is 21.7 Å². The Kier molecular flexibility index (Phi) is 7.31. The van der Waals surface area contributed by atoms with E-state index in [9.17, 15) is 13.2 Å². The summed E-state index contributed by atoms with van der Waals surface area (Å²) in [4.78, 5) is 18.3. The molecule has 35 heavy (non-hydrogen) atoms. The van der Waals surface area contributed by atoms with Crippen LogP contribution in [-0.2, 0) is 21.4 Å². The van der Waals surface area contributed by atoms with E-state index in [0.29, 0.717) is 29.1 Å². The van der Waals surface area contributed by atoms with Crippen LogP contribution in [0.2, 0.25) is 0 Å². The molecule has 2 aromatic carbocycles. The first-order valence-electron chi connectivity index (χ1n) is 11.1. The number of aromatic nitrogens is 1. The molecule has 0 N–H and O–H groups in total. The van der Waals surface area contributed by atoms with E-state index in [1.54, 1.807) is 55.2 Å². The number of benzene rings is 2. The van der Waals surface area contributed by atoms with Crippen molar-refractivity contribution in [3.8, 4) is 23.8 Å². The van der Waals surface area contributed by atoms with Crippen LogP contribution in [-0.4, -0.2) is 50.5 Å². The smallest absolute Gasteiger partial charge is 0.251 e. The number of rotatable bonds is 6. The number of nitrogens with zero attached hydrogens (tertiary/aromatic N) is 3. The quantitative estimate of drug-likeness (QED) is 0.472. The summed E-state index contributed by atoms with van der Waals surface area (Å²) < 4.78 is 40.9. The molecule has 8 nitrogen and oxygen atoms in total. The molecule has 1 aliphatic heterocycles. The molecule has 1 aromatic heterocycles. The second kappa shape index (κ2) is 10.2. The molecule has 2 heterocycles. The fourth-order valence-corrected chi connectivity index (χ4v) is 6.78. The molecule has 0 unspecified atom stereocenters. The Labute approximate surface area is 208 Å². The van der Waals surface area contributed by atoms with E-state index in [1.807, 2.05) is 6.92 Å². The van der Waals surface area contributed by atoms with E-state index in [-0.39, 0.29) is 36.4 Å². The third-order valence-corrected chi connectivity index (χ3v) is 9.12. The third kappa shape index (κ3) is 4.85. The van der Waals surface area contributed by atoms with Gasteiger partial charge in [0.05, 0.1) is 25.7 Å². The molecule has 184 valence electrons. The highest BCUT2D eigenvalue weighted by Crippen LogP contribution is 2.35. The van der Waals surface area contributed by atoms with Crippen LogP contribution >= 0.6 is 11.3 Å². The van der Waals surface area contributed by atoms with Gasteiger partial charge in [-0.05, 0) is 44.0 Å². The maximum atomic E-state index is 13.1. The van der Waals surface area contributed by atoms with Crippen molar-refractivity contribution in [2.75, 3.05) is 27.3 Å². The van der Waals surface area contributed by atoms with Crippen molar-refractivity contribution in [1.82, 2.24) is 8.87 Å². The molecular formula is C25H27N3O5S2. The van der Waals surface area contributed by atoms with Crippen molar-refractivity contribution in [2.45, 2.75) is 31.2 Å². The van der Waals surface area contributed by atoms with Crippen LogP contribution in [0.5, 0.6) is 11.5 Å². The number of hydrogen-bond donors (Lipinski definition) is 0. The van der Waals surface area contributed by atoms with Crippen molar-refractivity contribution in [3.05, 3.63) is 46.8 Å². The molecule has 1 amide bonds. The fraction of sp³-hybridized carbons (Fsp3) is 0.360. The lowest BCUT2D eigenvalue weighted by molar-refractivity contribution is -0.122. The number of hydrogen-bond acceptors (Lipinski definition) is 6. The number of terminal acetylenes is 1. The van der Waals surface area contributed by atoms with Gasteiger partial charge in [0.25, 0.3) is 5.91 Å². The van der Waals surface area contributed by atoms with Crippen LogP contribution in [0.1, 0.15) is 18.4 Å². The monoisotopic (exact) mass is 513 g/mol. The van der Waals surface area contributed by atoms with Gasteiger partial charge < -0.3 is 14.0 Å². The average Bonchev–Trinajstić information content (AvgIpc) is 3.22. The summed E-state index contributed by atoms with van der Waals surface area (Å²) in [6, 6.07) is 10.4. The highest BCUT2D eigenvalue weighted by Gasteiger charge is 2.32. The summed E-state index contributed by atoms with van der Waals surface area (Å²) in [5, 5.41) is 0. The molecule has 1 aliphatic rings. The average molecular weight is 514 g/mol. The van der Waals surface area contributed by atoms with Gasteiger partial charge in [-0.3, -0.25) is 4.79 Å². The predicted molar refractivity (Wildman–Crippen MR) is 135 cm³/mol. The lowest BCUT2D eigenvalue weighted by Gasteiger charge is -2.29. The van der Waals surface area contributed by atoms with Gasteiger partial charge in [-0.2, -0.15) is 9.30 Å². The van der Waals surface area contributed by atoms with E-state index < -0.39 is 10.0 Å². The van der Waals surface area contributed by atoms with E-state index in [0.717, 1.165) is 15.8 Å².